The third-order valence-corrected chi connectivity index (χ3v) is 2.54. The molecule has 20 heavy (non-hydrogen) atoms. The fourth-order valence-electron chi connectivity index (χ4n) is 1.33. The molecular weight excluding hydrogens is 301 g/mol. The lowest BCUT2D eigenvalue weighted by Crippen LogP contribution is -2.38. The summed E-state index contributed by atoms with van der Waals surface area (Å²) in [5.74, 6) is -1.31. The van der Waals surface area contributed by atoms with E-state index >= 15 is 0 Å². The smallest absolute Gasteiger partial charge is 0.406 e. The number of carbonyl (C=O) groups is 2. The number of nitrogens with one attached hydrogen (secondary N) is 1. The van der Waals surface area contributed by atoms with Gasteiger partial charge in [0.2, 0.25) is 0 Å². The standard InChI is InChI=1S/C11H10ClF3N2O3/c1-17(5-11(13,14)15)10(20)16-6-2-3-8(12)7(4-6)9(18)19/h2-4H,5H2,1H3,(H,16,20)(H,18,19). The molecule has 9 heteroatoms. The number of hydrogen-bond acceptors (Lipinski definition) is 2. The summed E-state index contributed by atoms with van der Waals surface area (Å²) in [6.07, 6.45) is -4.52. The van der Waals surface area contributed by atoms with Gasteiger partial charge in [-0.3, -0.25) is 0 Å². The number of carboxylic acid groups (broad SMARTS) is 1. The Hall–Kier alpha value is -1.96. The van der Waals surface area contributed by atoms with E-state index in [1.807, 2.05) is 0 Å². The van der Waals surface area contributed by atoms with Gasteiger partial charge in [-0.1, -0.05) is 11.6 Å². The van der Waals surface area contributed by atoms with Crippen molar-refractivity contribution < 1.29 is 27.9 Å². The molecule has 0 saturated heterocycles. The summed E-state index contributed by atoms with van der Waals surface area (Å²) in [5.41, 5.74) is -0.228. The van der Waals surface area contributed by atoms with Crippen molar-refractivity contribution in [3.63, 3.8) is 0 Å². The van der Waals surface area contributed by atoms with E-state index < -0.39 is 24.7 Å². The molecule has 0 aliphatic carbocycles. The first-order valence-corrected chi connectivity index (χ1v) is 5.59. The highest BCUT2D eigenvalue weighted by Gasteiger charge is 2.31. The van der Waals surface area contributed by atoms with Gasteiger partial charge in [-0.25, -0.2) is 9.59 Å². The van der Waals surface area contributed by atoms with E-state index in [1.165, 1.54) is 12.1 Å². The fraction of sp³-hybridized carbons (Fsp3) is 0.273. The first kappa shape index (κ1) is 16.1. The number of alkyl halides is 3. The van der Waals surface area contributed by atoms with Gasteiger partial charge < -0.3 is 15.3 Å². The van der Waals surface area contributed by atoms with E-state index in [9.17, 15) is 22.8 Å². The van der Waals surface area contributed by atoms with Crippen molar-refractivity contribution in [2.75, 3.05) is 18.9 Å². The summed E-state index contributed by atoms with van der Waals surface area (Å²) in [5, 5.41) is 10.9. The molecule has 0 saturated carbocycles. The van der Waals surface area contributed by atoms with Crippen LogP contribution in [0, 0.1) is 0 Å². The van der Waals surface area contributed by atoms with Crippen molar-refractivity contribution in [2.24, 2.45) is 0 Å². The maximum Gasteiger partial charge on any atom is 0.406 e. The Bertz CT molecular complexity index is 534. The summed E-state index contributed by atoms with van der Waals surface area (Å²) in [7, 11) is 0.969. The Balaban J connectivity index is 2.81. The number of aromatic carboxylic acids is 1. The fourth-order valence-corrected chi connectivity index (χ4v) is 1.52. The zero-order valence-corrected chi connectivity index (χ0v) is 10.9. The van der Waals surface area contributed by atoms with Gasteiger partial charge in [-0.15, -0.1) is 0 Å². The predicted octanol–water partition coefficient (Wildman–Crippen LogP) is 3.06. The quantitative estimate of drug-likeness (QED) is 0.901. The first-order valence-electron chi connectivity index (χ1n) is 5.22. The lowest BCUT2D eigenvalue weighted by molar-refractivity contribution is -0.137. The highest BCUT2D eigenvalue weighted by atomic mass is 35.5. The molecule has 0 aromatic heterocycles. The van der Waals surface area contributed by atoms with E-state index in [0.717, 1.165) is 13.1 Å². The van der Waals surface area contributed by atoms with Gasteiger partial charge in [0.15, 0.2) is 0 Å². The second-order valence-electron chi connectivity index (χ2n) is 3.90. The average Bonchev–Trinajstić information content (AvgIpc) is 2.28. The minimum absolute atomic E-state index is 0.0332. The van der Waals surface area contributed by atoms with Gasteiger partial charge in [-0.05, 0) is 18.2 Å². The monoisotopic (exact) mass is 310 g/mol. The highest BCUT2D eigenvalue weighted by Crippen LogP contribution is 2.21. The van der Waals surface area contributed by atoms with Gasteiger partial charge in [0.1, 0.15) is 6.54 Å². The molecule has 0 aliphatic heterocycles. The van der Waals surface area contributed by atoms with Crippen LogP contribution < -0.4 is 5.32 Å². The maximum atomic E-state index is 12.1. The molecule has 110 valence electrons. The van der Waals surface area contributed by atoms with Crippen LogP contribution in [0.5, 0.6) is 0 Å². The number of anilines is 1. The summed E-state index contributed by atoms with van der Waals surface area (Å²) < 4.78 is 36.3. The maximum absolute atomic E-state index is 12.1. The van der Waals surface area contributed by atoms with Gasteiger partial charge in [0.05, 0.1) is 10.6 Å². The van der Waals surface area contributed by atoms with E-state index in [2.05, 4.69) is 5.32 Å². The van der Waals surface area contributed by atoms with Gasteiger partial charge in [-0.2, -0.15) is 13.2 Å². The summed E-state index contributed by atoms with van der Waals surface area (Å²) in [6, 6.07) is 2.56. The van der Waals surface area contributed by atoms with Crippen molar-refractivity contribution in [3.8, 4) is 0 Å². The Morgan fingerprint density at radius 2 is 2.00 bits per heavy atom. The van der Waals surface area contributed by atoms with Crippen molar-refractivity contribution in [1.29, 1.82) is 0 Å². The van der Waals surface area contributed by atoms with Crippen molar-refractivity contribution in [2.45, 2.75) is 6.18 Å². The van der Waals surface area contributed by atoms with E-state index in [-0.39, 0.29) is 16.3 Å². The molecule has 0 fully saturated rings. The van der Waals surface area contributed by atoms with E-state index in [4.69, 9.17) is 16.7 Å². The van der Waals surface area contributed by atoms with Crippen LogP contribution in [0.3, 0.4) is 0 Å². The molecule has 1 aromatic rings. The second kappa shape index (κ2) is 6.00. The molecule has 0 spiro atoms. The van der Waals surface area contributed by atoms with Crippen LogP contribution in [0.4, 0.5) is 23.7 Å². The number of urea groups is 1. The number of carbonyl (C=O) groups excluding carboxylic acids is 1. The number of benzene rings is 1. The Morgan fingerprint density at radius 3 is 2.50 bits per heavy atom. The van der Waals surface area contributed by atoms with Crippen LogP contribution >= 0.6 is 11.6 Å². The average molecular weight is 311 g/mol. The van der Waals surface area contributed by atoms with E-state index in [0.29, 0.717) is 4.90 Å². The van der Waals surface area contributed by atoms with Crippen LogP contribution in [0.15, 0.2) is 18.2 Å². The third-order valence-electron chi connectivity index (χ3n) is 2.21. The molecular formula is C11H10ClF3N2O3. The predicted molar refractivity (Wildman–Crippen MR) is 66.1 cm³/mol. The van der Waals surface area contributed by atoms with Crippen molar-refractivity contribution >= 4 is 29.3 Å². The SMILES string of the molecule is CN(CC(F)(F)F)C(=O)Nc1ccc(Cl)c(C(=O)O)c1. The Morgan fingerprint density at radius 1 is 1.40 bits per heavy atom. The van der Waals surface area contributed by atoms with Crippen LogP contribution in [-0.4, -0.2) is 41.8 Å². The normalized spacial score (nSPS) is 11.1. The number of carboxylic acids is 1. The molecule has 0 radical (unpaired) electrons. The van der Waals surface area contributed by atoms with Crippen LogP contribution in [0.2, 0.25) is 5.02 Å². The summed E-state index contributed by atoms with van der Waals surface area (Å²) in [4.78, 5) is 22.7. The lowest BCUT2D eigenvalue weighted by atomic mass is 10.2. The number of amides is 2. The molecule has 1 aromatic carbocycles. The molecule has 0 unspecified atom stereocenters. The molecule has 0 aliphatic rings. The molecule has 0 heterocycles. The summed E-state index contributed by atoms with van der Waals surface area (Å²) in [6.45, 7) is -1.42. The van der Waals surface area contributed by atoms with Crippen LogP contribution in [0.25, 0.3) is 0 Å². The minimum Gasteiger partial charge on any atom is -0.478 e. The van der Waals surface area contributed by atoms with Crippen molar-refractivity contribution in [1.82, 2.24) is 4.90 Å². The largest absolute Gasteiger partial charge is 0.478 e. The summed E-state index contributed by atoms with van der Waals surface area (Å²) >= 11 is 5.62. The van der Waals surface area contributed by atoms with E-state index in [1.54, 1.807) is 0 Å². The zero-order chi connectivity index (χ0) is 15.5. The van der Waals surface area contributed by atoms with Gasteiger partial charge >= 0.3 is 18.2 Å². The first-order chi connectivity index (χ1) is 9.10. The number of nitrogens with zero attached hydrogens (tertiary/aromatic N) is 1. The second-order valence-corrected chi connectivity index (χ2v) is 4.31. The molecule has 0 atom stereocenters. The molecule has 0 bridgehead atoms. The topological polar surface area (TPSA) is 69.6 Å². The molecule has 5 nitrogen and oxygen atoms in total. The van der Waals surface area contributed by atoms with Gasteiger partial charge in [0, 0.05) is 12.7 Å². The molecule has 2 amide bonds. The molecule has 1 rings (SSSR count). The Kier molecular flexibility index (Phi) is 4.83. The van der Waals surface area contributed by atoms with Crippen molar-refractivity contribution in [3.05, 3.63) is 28.8 Å². The zero-order valence-electron chi connectivity index (χ0n) is 10.2. The highest BCUT2D eigenvalue weighted by molar-refractivity contribution is 6.33. The van der Waals surface area contributed by atoms with Gasteiger partial charge in [0.25, 0.3) is 0 Å². The van der Waals surface area contributed by atoms with Crippen LogP contribution in [0.1, 0.15) is 10.4 Å². The Labute approximate surface area is 116 Å². The minimum atomic E-state index is -4.52. The van der Waals surface area contributed by atoms with Crippen LogP contribution in [-0.2, 0) is 0 Å². The third kappa shape index (κ3) is 4.61. The molecule has 2 N–H and O–H groups in total. The number of halogens is 4. The number of hydrogen-bond donors (Lipinski definition) is 2. The number of rotatable bonds is 3. The lowest BCUT2D eigenvalue weighted by Gasteiger charge is -2.19.